The molecule has 3 rings (SSSR count). The Kier molecular flexibility index (Phi) is 3.38. The van der Waals surface area contributed by atoms with Crippen LogP contribution in [0, 0.1) is 6.92 Å². The first-order valence-electron chi connectivity index (χ1n) is 6.72. The first kappa shape index (κ1) is 13.4. The second-order valence-electron chi connectivity index (χ2n) is 5.16. The van der Waals surface area contributed by atoms with Crippen LogP contribution < -0.4 is 10.6 Å². The Morgan fingerprint density at radius 2 is 2.05 bits per heavy atom. The van der Waals surface area contributed by atoms with E-state index in [1.165, 1.54) is 12.8 Å². The third kappa shape index (κ3) is 2.16. The third-order valence-corrected chi connectivity index (χ3v) is 4.31. The van der Waals surface area contributed by atoms with Gasteiger partial charge in [0.25, 0.3) is 0 Å². The fourth-order valence-corrected chi connectivity index (χ4v) is 3.23. The maximum atomic E-state index is 11.9. The molecule has 1 aromatic carbocycles. The van der Waals surface area contributed by atoms with Crippen LogP contribution in [0.15, 0.2) is 22.7 Å². The number of halogens is 1. The number of amides is 1. The number of fused-ring (bicyclic) bond motifs is 1. The highest BCUT2D eigenvalue weighted by atomic mass is 79.9. The van der Waals surface area contributed by atoms with Gasteiger partial charge < -0.3 is 10.6 Å². The number of carbonyl (C=O) groups is 1. The van der Waals surface area contributed by atoms with Crippen LogP contribution in [0.4, 0.5) is 5.82 Å². The minimum absolute atomic E-state index is 0.395. The molecular formula is C15H16BrN3O. The molecule has 5 heteroatoms. The van der Waals surface area contributed by atoms with Gasteiger partial charge in [-0.25, -0.2) is 4.98 Å². The fraction of sp³-hybridized carbons (Fsp3) is 0.333. The highest BCUT2D eigenvalue weighted by Crippen LogP contribution is 2.31. The van der Waals surface area contributed by atoms with E-state index in [0.29, 0.717) is 5.56 Å². The zero-order chi connectivity index (χ0) is 14.3. The maximum absolute atomic E-state index is 11.9. The average Bonchev–Trinajstić information content (AvgIpc) is 2.91. The van der Waals surface area contributed by atoms with Gasteiger partial charge in [0.05, 0.1) is 11.1 Å². The van der Waals surface area contributed by atoms with Crippen LogP contribution in [0.2, 0.25) is 0 Å². The number of carbonyl (C=O) groups excluding carboxylic acids is 1. The molecule has 1 aliphatic rings. The smallest absolute Gasteiger partial charge is 0.249 e. The molecule has 2 aromatic rings. The summed E-state index contributed by atoms with van der Waals surface area (Å²) in [6, 6.07) is 5.76. The Bertz CT molecular complexity index is 693. The molecule has 2 heterocycles. The summed E-state index contributed by atoms with van der Waals surface area (Å²) >= 11 is 3.43. The Morgan fingerprint density at radius 1 is 1.35 bits per heavy atom. The summed E-state index contributed by atoms with van der Waals surface area (Å²) in [7, 11) is 0. The van der Waals surface area contributed by atoms with Crippen LogP contribution in [0.3, 0.4) is 0 Å². The van der Waals surface area contributed by atoms with Crippen LogP contribution in [0.1, 0.15) is 28.8 Å². The first-order chi connectivity index (χ1) is 9.58. The number of anilines is 1. The zero-order valence-corrected chi connectivity index (χ0v) is 12.9. The standard InChI is InChI=1S/C15H16BrN3O/c1-9-13(14(17)20)11-8-10(16)4-5-12(11)18-15(9)19-6-2-3-7-19/h4-5,8H,2-3,6-7H2,1H3,(H2,17,20). The molecule has 0 unspecified atom stereocenters. The molecule has 1 fully saturated rings. The third-order valence-electron chi connectivity index (χ3n) is 3.82. The van der Waals surface area contributed by atoms with Crippen molar-refractivity contribution >= 4 is 38.6 Å². The minimum atomic E-state index is -0.395. The Hall–Kier alpha value is -1.62. The largest absolute Gasteiger partial charge is 0.366 e. The van der Waals surface area contributed by atoms with E-state index in [2.05, 4.69) is 20.8 Å². The van der Waals surface area contributed by atoms with Crippen molar-refractivity contribution in [3.8, 4) is 0 Å². The summed E-state index contributed by atoms with van der Waals surface area (Å²) in [6.45, 7) is 3.92. The Morgan fingerprint density at radius 3 is 2.70 bits per heavy atom. The predicted molar refractivity (Wildman–Crippen MR) is 84.1 cm³/mol. The molecule has 0 saturated carbocycles. The van der Waals surface area contributed by atoms with E-state index in [-0.39, 0.29) is 0 Å². The van der Waals surface area contributed by atoms with Crippen LogP contribution >= 0.6 is 15.9 Å². The van der Waals surface area contributed by atoms with Crippen LogP contribution in [0.5, 0.6) is 0 Å². The number of aromatic nitrogens is 1. The summed E-state index contributed by atoms with van der Waals surface area (Å²) in [5.41, 5.74) is 7.87. The molecule has 0 aliphatic carbocycles. The maximum Gasteiger partial charge on any atom is 0.249 e. The van der Waals surface area contributed by atoms with Gasteiger partial charge in [0.1, 0.15) is 5.82 Å². The number of nitrogens with two attached hydrogens (primary N) is 1. The van der Waals surface area contributed by atoms with Gasteiger partial charge in [-0.05, 0) is 38.0 Å². The summed E-state index contributed by atoms with van der Waals surface area (Å²) in [5.74, 6) is 0.500. The molecule has 104 valence electrons. The van der Waals surface area contributed by atoms with Crippen molar-refractivity contribution in [1.29, 1.82) is 0 Å². The van der Waals surface area contributed by atoms with Gasteiger partial charge in [-0.15, -0.1) is 0 Å². The average molecular weight is 334 g/mol. The number of rotatable bonds is 2. The summed E-state index contributed by atoms with van der Waals surface area (Å²) < 4.78 is 0.919. The molecule has 0 atom stereocenters. The van der Waals surface area contributed by atoms with Gasteiger partial charge in [-0.2, -0.15) is 0 Å². The summed E-state index contributed by atoms with van der Waals surface area (Å²) in [5, 5.41) is 0.812. The highest BCUT2D eigenvalue weighted by Gasteiger charge is 2.21. The molecular weight excluding hydrogens is 318 g/mol. The normalized spacial score (nSPS) is 15.0. The van der Waals surface area contributed by atoms with Crippen molar-refractivity contribution in [2.75, 3.05) is 18.0 Å². The van der Waals surface area contributed by atoms with Crippen molar-refractivity contribution in [3.63, 3.8) is 0 Å². The van der Waals surface area contributed by atoms with Gasteiger partial charge in [0.2, 0.25) is 5.91 Å². The lowest BCUT2D eigenvalue weighted by molar-refractivity contribution is 0.100. The van der Waals surface area contributed by atoms with Gasteiger partial charge in [-0.1, -0.05) is 15.9 Å². The quantitative estimate of drug-likeness (QED) is 0.918. The van der Waals surface area contributed by atoms with Crippen molar-refractivity contribution in [3.05, 3.63) is 33.8 Å². The Balaban J connectivity index is 2.30. The van der Waals surface area contributed by atoms with E-state index in [0.717, 1.165) is 39.8 Å². The number of hydrogen-bond donors (Lipinski definition) is 1. The fourth-order valence-electron chi connectivity index (χ4n) is 2.87. The lowest BCUT2D eigenvalue weighted by atomic mass is 10.0. The van der Waals surface area contributed by atoms with E-state index < -0.39 is 5.91 Å². The number of primary amides is 1. The van der Waals surface area contributed by atoms with E-state index in [9.17, 15) is 4.79 Å². The molecule has 1 amide bonds. The first-order valence-corrected chi connectivity index (χ1v) is 7.52. The van der Waals surface area contributed by atoms with E-state index >= 15 is 0 Å². The molecule has 0 bridgehead atoms. The van der Waals surface area contributed by atoms with Gasteiger partial charge in [0, 0.05) is 28.5 Å². The number of pyridine rings is 1. The second-order valence-corrected chi connectivity index (χ2v) is 6.07. The number of benzene rings is 1. The van der Waals surface area contributed by atoms with Crippen molar-refractivity contribution < 1.29 is 4.79 Å². The van der Waals surface area contributed by atoms with E-state index in [4.69, 9.17) is 10.7 Å². The second kappa shape index (κ2) is 5.05. The van der Waals surface area contributed by atoms with E-state index in [1.807, 2.05) is 25.1 Å². The summed E-state index contributed by atoms with van der Waals surface area (Å²) in [4.78, 5) is 18.9. The zero-order valence-electron chi connectivity index (χ0n) is 11.3. The van der Waals surface area contributed by atoms with Crippen LogP contribution in [-0.4, -0.2) is 24.0 Å². The predicted octanol–water partition coefficient (Wildman–Crippen LogP) is 3.00. The van der Waals surface area contributed by atoms with Crippen molar-refractivity contribution in [2.45, 2.75) is 19.8 Å². The lowest BCUT2D eigenvalue weighted by Gasteiger charge is -2.21. The number of nitrogens with zero attached hydrogens (tertiary/aromatic N) is 2. The van der Waals surface area contributed by atoms with Crippen LogP contribution in [0.25, 0.3) is 10.9 Å². The molecule has 0 radical (unpaired) electrons. The van der Waals surface area contributed by atoms with Gasteiger partial charge in [0.15, 0.2) is 0 Å². The molecule has 1 saturated heterocycles. The van der Waals surface area contributed by atoms with Crippen molar-refractivity contribution in [1.82, 2.24) is 4.98 Å². The molecule has 0 spiro atoms. The lowest BCUT2D eigenvalue weighted by Crippen LogP contribution is -2.23. The van der Waals surface area contributed by atoms with Gasteiger partial charge in [-0.3, -0.25) is 4.79 Å². The number of hydrogen-bond acceptors (Lipinski definition) is 3. The van der Waals surface area contributed by atoms with Crippen molar-refractivity contribution in [2.24, 2.45) is 5.73 Å². The molecule has 1 aromatic heterocycles. The molecule has 1 aliphatic heterocycles. The summed E-state index contributed by atoms with van der Waals surface area (Å²) in [6.07, 6.45) is 2.34. The Labute approximate surface area is 126 Å². The minimum Gasteiger partial charge on any atom is -0.366 e. The van der Waals surface area contributed by atoms with Gasteiger partial charge >= 0.3 is 0 Å². The molecule has 2 N–H and O–H groups in total. The SMILES string of the molecule is Cc1c(N2CCCC2)nc2ccc(Br)cc2c1C(N)=O. The monoisotopic (exact) mass is 333 g/mol. The topological polar surface area (TPSA) is 59.2 Å². The highest BCUT2D eigenvalue weighted by molar-refractivity contribution is 9.10. The van der Waals surface area contributed by atoms with E-state index in [1.54, 1.807) is 0 Å². The molecule has 4 nitrogen and oxygen atoms in total. The molecule has 20 heavy (non-hydrogen) atoms. The van der Waals surface area contributed by atoms with Crippen LogP contribution in [-0.2, 0) is 0 Å².